The standard InChI is InChI=1S/C14H20N2O/c1-16(10-12-5-4-8-15-9-12)11-13-6-2-3-7-14(13)17/h4-5,8-9,13H,2-3,6-7,10-11H2,1H3. The molecule has 17 heavy (non-hydrogen) atoms. The molecule has 0 amide bonds. The summed E-state index contributed by atoms with van der Waals surface area (Å²) in [4.78, 5) is 18.1. The fourth-order valence-electron chi connectivity index (χ4n) is 2.49. The van der Waals surface area contributed by atoms with Gasteiger partial charge >= 0.3 is 0 Å². The zero-order valence-electron chi connectivity index (χ0n) is 10.4. The Kier molecular flexibility index (Phi) is 4.26. The van der Waals surface area contributed by atoms with E-state index in [0.29, 0.717) is 5.78 Å². The molecule has 3 heteroatoms. The highest BCUT2D eigenvalue weighted by molar-refractivity contribution is 5.81. The minimum atomic E-state index is 0.255. The van der Waals surface area contributed by atoms with Crippen LogP contribution in [0.3, 0.4) is 0 Å². The average molecular weight is 232 g/mol. The van der Waals surface area contributed by atoms with Gasteiger partial charge < -0.3 is 4.90 Å². The maximum atomic E-state index is 11.7. The van der Waals surface area contributed by atoms with Crippen LogP contribution in [0.4, 0.5) is 0 Å². The van der Waals surface area contributed by atoms with Crippen molar-refractivity contribution in [2.75, 3.05) is 13.6 Å². The zero-order chi connectivity index (χ0) is 12.1. The quantitative estimate of drug-likeness (QED) is 0.798. The summed E-state index contributed by atoms with van der Waals surface area (Å²) < 4.78 is 0. The van der Waals surface area contributed by atoms with Gasteiger partial charge in [0.05, 0.1) is 0 Å². The van der Waals surface area contributed by atoms with Crippen LogP contribution in [0, 0.1) is 5.92 Å². The SMILES string of the molecule is CN(Cc1cccnc1)CC1CCCCC1=O. The van der Waals surface area contributed by atoms with Crippen LogP contribution in [0.5, 0.6) is 0 Å². The molecule has 0 saturated heterocycles. The van der Waals surface area contributed by atoms with E-state index >= 15 is 0 Å². The van der Waals surface area contributed by atoms with Gasteiger partial charge in [0.25, 0.3) is 0 Å². The summed E-state index contributed by atoms with van der Waals surface area (Å²) in [6, 6.07) is 4.03. The van der Waals surface area contributed by atoms with Crippen molar-refractivity contribution in [3.63, 3.8) is 0 Å². The first-order valence-corrected chi connectivity index (χ1v) is 6.36. The molecule has 92 valence electrons. The number of carbonyl (C=O) groups is 1. The lowest BCUT2D eigenvalue weighted by atomic mass is 9.87. The summed E-state index contributed by atoms with van der Waals surface area (Å²) in [5, 5.41) is 0. The third-order valence-electron chi connectivity index (χ3n) is 3.39. The summed E-state index contributed by atoms with van der Waals surface area (Å²) in [6.07, 6.45) is 7.81. The van der Waals surface area contributed by atoms with E-state index in [9.17, 15) is 4.79 Å². The molecule has 1 aromatic heterocycles. The van der Waals surface area contributed by atoms with E-state index < -0.39 is 0 Å². The molecule has 1 aromatic rings. The van der Waals surface area contributed by atoms with E-state index in [0.717, 1.165) is 32.4 Å². The van der Waals surface area contributed by atoms with Crippen molar-refractivity contribution in [3.8, 4) is 0 Å². The number of pyridine rings is 1. The van der Waals surface area contributed by atoms with E-state index in [1.54, 1.807) is 6.20 Å². The van der Waals surface area contributed by atoms with Crippen LogP contribution in [0.1, 0.15) is 31.2 Å². The van der Waals surface area contributed by atoms with Crippen LogP contribution in [-0.4, -0.2) is 29.3 Å². The van der Waals surface area contributed by atoms with Gasteiger partial charge in [0.2, 0.25) is 0 Å². The number of nitrogens with zero attached hydrogens (tertiary/aromatic N) is 2. The van der Waals surface area contributed by atoms with Gasteiger partial charge in [-0.1, -0.05) is 12.5 Å². The molecule has 3 nitrogen and oxygen atoms in total. The van der Waals surface area contributed by atoms with Crippen molar-refractivity contribution in [2.45, 2.75) is 32.2 Å². The van der Waals surface area contributed by atoms with Gasteiger partial charge in [0.15, 0.2) is 0 Å². The Morgan fingerprint density at radius 3 is 3.06 bits per heavy atom. The molecular weight excluding hydrogens is 212 g/mol. The molecule has 0 radical (unpaired) electrons. The van der Waals surface area contributed by atoms with Crippen LogP contribution in [0.2, 0.25) is 0 Å². The van der Waals surface area contributed by atoms with Gasteiger partial charge in [-0.25, -0.2) is 0 Å². The predicted octanol–water partition coefficient (Wildman–Crippen LogP) is 2.27. The van der Waals surface area contributed by atoms with Gasteiger partial charge in [-0.2, -0.15) is 0 Å². The van der Waals surface area contributed by atoms with E-state index in [1.165, 1.54) is 12.0 Å². The largest absolute Gasteiger partial charge is 0.301 e. The second kappa shape index (κ2) is 5.92. The second-order valence-corrected chi connectivity index (χ2v) is 4.97. The molecule has 1 aliphatic carbocycles. The second-order valence-electron chi connectivity index (χ2n) is 4.97. The van der Waals surface area contributed by atoms with Gasteiger partial charge in [-0.05, 0) is 31.5 Å². The number of Topliss-reactive ketones (excluding diaryl/α,β-unsaturated/α-hetero) is 1. The van der Waals surface area contributed by atoms with Crippen molar-refractivity contribution in [1.82, 2.24) is 9.88 Å². The zero-order valence-corrected chi connectivity index (χ0v) is 10.4. The van der Waals surface area contributed by atoms with Crippen molar-refractivity contribution < 1.29 is 4.79 Å². The molecule has 0 spiro atoms. The Morgan fingerprint density at radius 2 is 2.35 bits per heavy atom. The highest BCUT2D eigenvalue weighted by atomic mass is 16.1. The number of hydrogen-bond donors (Lipinski definition) is 0. The summed E-state index contributed by atoms with van der Waals surface area (Å²) in [5.74, 6) is 0.708. The van der Waals surface area contributed by atoms with Crippen LogP contribution in [0.15, 0.2) is 24.5 Å². The van der Waals surface area contributed by atoms with Gasteiger partial charge in [0, 0.05) is 37.8 Å². The Hall–Kier alpha value is -1.22. The molecule has 0 aromatic carbocycles. The Balaban J connectivity index is 1.84. The number of rotatable bonds is 4. The minimum absolute atomic E-state index is 0.255. The highest BCUT2D eigenvalue weighted by Gasteiger charge is 2.23. The smallest absolute Gasteiger partial charge is 0.137 e. The minimum Gasteiger partial charge on any atom is -0.301 e. The third-order valence-corrected chi connectivity index (χ3v) is 3.39. The first kappa shape index (κ1) is 12.2. The molecule has 1 heterocycles. The third kappa shape index (κ3) is 3.63. The Labute approximate surface area is 103 Å². The molecule has 1 atom stereocenters. The highest BCUT2D eigenvalue weighted by Crippen LogP contribution is 2.21. The lowest BCUT2D eigenvalue weighted by molar-refractivity contribution is -0.125. The van der Waals surface area contributed by atoms with Crippen molar-refractivity contribution >= 4 is 5.78 Å². The van der Waals surface area contributed by atoms with E-state index in [-0.39, 0.29) is 5.92 Å². The van der Waals surface area contributed by atoms with Crippen LogP contribution >= 0.6 is 0 Å². The van der Waals surface area contributed by atoms with E-state index in [4.69, 9.17) is 0 Å². The molecule has 1 aliphatic rings. The summed E-state index contributed by atoms with van der Waals surface area (Å²) in [7, 11) is 2.08. The number of ketones is 1. The molecule has 0 aliphatic heterocycles. The van der Waals surface area contributed by atoms with Crippen molar-refractivity contribution in [3.05, 3.63) is 30.1 Å². The molecule has 0 N–H and O–H groups in total. The van der Waals surface area contributed by atoms with Crippen LogP contribution < -0.4 is 0 Å². The monoisotopic (exact) mass is 232 g/mol. The maximum absolute atomic E-state index is 11.7. The Bertz CT molecular complexity index is 364. The average Bonchev–Trinajstić information content (AvgIpc) is 2.33. The fourth-order valence-corrected chi connectivity index (χ4v) is 2.49. The lowest BCUT2D eigenvalue weighted by Crippen LogP contribution is -2.32. The predicted molar refractivity (Wildman–Crippen MR) is 67.5 cm³/mol. The number of aromatic nitrogens is 1. The summed E-state index contributed by atoms with van der Waals surface area (Å²) in [5.41, 5.74) is 1.21. The molecular formula is C14H20N2O. The van der Waals surface area contributed by atoms with Gasteiger partial charge in [-0.3, -0.25) is 9.78 Å². The van der Waals surface area contributed by atoms with E-state index in [2.05, 4.69) is 23.0 Å². The van der Waals surface area contributed by atoms with Gasteiger partial charge in [0.1, 0.15) is 5.78 Å². The maximum Gasteiger partial charge on any atom is 0.137 e. The molecule has 1 fully saturated rings. The summed E-state index contributed by atoms with van der Waals surface area (Å²) >= 11 is 0. The number of hydrogen-bond acceptors (Lipinski definition) is 3. The molecule has 2 rings (SSSR count). The van der Waals surface area contributed by atoms with Gasteiger partial charge in [-0.15, -0.1) is 0 Å². The van der Waals surface area contributed by atoms with Crippen molar-refractivity contribution in [1.29, 1.82) is 0 Å². The summed E-state index contributed by atoms with van der Waals surface area (Å²) in [6.45, 7) is 1.76. The van der Waals surface area contributed by atoms with Crippen molar-refractivity contribution in [2.24, 2.45) is 5.92 Å². The van der Waals surface area contributed by atoms with E-state index in [1.807, 2.05) is 12.3 Å². The molecule has 0 bridgehead atoms. The lowest BCUT2D eigenvalue weighted by Gasteiger charge is -2.25. The van der Waals surface area contributed by atoms with Crippen LogP contribution in [0.25, 0.3) is 0 Å². The molecule has 1 saturated carbocycles. The number of carbonyl (C=O) groups excluding carboxylic acids is 1. The topological polar surface area (TPSA) is 33.2 Å². The Morgan fingerprint density at radius 1 is 1.47 bits per heavy atom. The first-order valence-electron chi connectivity index (χ1n) is 6.36. The normalized spacial score (nSPS) is 20.8. The fraction of sp³-hybridized carbons (Fsp3) is 0.571. The van der Waals surface area contributed by atoms with Crippen LogP contribution in [-0.2, 0) is 11.3 Å². The molecule has 1 unspecified atom stereocenters. The first-order chi connectivity index (χ1) is 8.25.